The van der Waals surface area contributed by atoms with Gasteiger partial charge in [-0.1, -0.05) is 94.9 Å². The lowest BCUT2D eigenvalue weighted by Crippen LogP contribution is -2.64. The molecule has 52 nitrogen and oxygen atoms in total. The molecule has 0 spiro atoms. The van der Waals surface area contributed by atoms with Crippen molar-refractivity contribution < 1.29 is 126 Å². The van der Waals surface area contributed by atoms with E-state index in [1.165, 1.54) is 25.0 Å². The molecule has 0 aromatic carbocycles. The van der Waals surface area contributed by atoms with Crippen molar-refractivity contribution in [1.29, 1.82) is 0 Å². The summed E-state index contributed by atoms with van der Waals surface area (Å²) in [7, 11) is 0. The van der Waals surface area contributed by atoms with Crippen LogP contribution in [-0.4, -0.2) is 317 Å². The summed E-state index contributed by atoms with van der Waals surface area (Å²) in [4.78, 5) is 317. The number of aromatic nitrogens is 4. The molecule has 2 rings (SSSR count). The first kappa shape index (κ1) is 120. The van der Waals surface area contributed by atoms with Gasteiger partial charge in [0.05, 0.1) is 54.9 Å². The molecule has 0 aliphatic rings. The van der Waals surface area contributed by atoms with Gasteiger partial charge < -0.3 is 148 Å². The van der Waals surface area contributed by atoms with Gasteiger partial charge in [0.2, 0.25) is 130 Å². The van der Waals surface area contributed by atoms with Crippen LogP contribution in [0.4, 0.5) is 0 Å². The van der Waals surface area contributed by atoms with Crippen LogP contribution < -0.4 is 118 Å². The summed E-state index contributed by atoms with van der Waals surface area (Å²) in [5.74, 6) is -26.1. The molecule has 22 amide bonds. The molecule has 0 saturated carbocycles. The van der Waals surface area contributed by atoms with Crippen LogP contribution in [0.25, 0.3) is 0 Å². The number of primary amides is 2. The Morgan fingerprint density at radius 3 is 0.788 bits per heavy atom. The van der Waals surface area contributed by atoms with E-state index in [2.05, 4.69) is 126 Å². The molecule has 0 saturated heterocycles. The van der Waals surface area contributed by atoms with Crippen LogP contribution in [0.15, 0.2) is 25.0 Å². The third kappa shape index (κ3) is 41.4. The highest BCUT2D eigenvalue weighted by atomic mass is 16.3. The fraction of sp³-hybridized carbons (Fsp3) is 0.671. The van der Waals surface area contributed by atoms with Gasteiger partial charge in [0, 0.05) is 72.6 Å². The van der Waals surface area contributed by atoms with Crippen molar-refractivity contribution in [3.8, 4) is 0 Å². The van der Waals surface area contributed by atoms with E-state index >= 15 is 0 Å². The normalized spacial score (nSPS) is 16.7. The van der Waals surface area contributed by atoms with Gasteiger partial charge in [-0.3, -0.25) is 105 Å². The van der Waals surface area contributed by atoms with Crippen molar-refractivity contribution in [2.45, 2.75) is 317 Å². The minimum atomic E-state index is -2.08. The number of hydrogen-bond donors (Lipinski definition) is 28. The molecule has 52 heteroatoms. The molecule has 0 aliphatic carbocycles. The Morgan fingerprint density at radius 2 is 0.533 bits per heavy atom. The van der Waals surface area contributed by atoms with Crippen molar-refractivity contribution in [3.63, 3.8) is 0 Å². The lowest BCUT2D eigenvalue weighted by molar-refractivity contribution is -0.137. The molecule has 2 aromatic rings. The van der Waals surface area contributed by atoms with Crippen molar-refractivity contribution in [2.24, 2.45) is 41.1 Å². The van der Waals surface area contributed by atoms with Crippen LogP contribution in [0.3, 0.4) is 0 Å². The summed E-state index contributed by atoms with van der Waals surface area (Å²) in [6, 6.07) is -29.4. The van der Waals surface area contributed by atoms with Gasteiger partial charge >= 0.3 is 0 Å². The zero-order chi connectivity index (χ0) is 104. The molecule has 0 fully saturated rings. The molecule has 0 aliphatic heterocycles. The maximum Gasteiger partial charge on any atom is 0.245 e. The Morgan fingerprint density at radius 1 is 0.292 bits per heavy atom. The highest BCUT2D eigenvalue weighted by Gasteiger charge is 2.42. The van der Waals surface area contributed by atoms with Gasteiger partial charge in [0.1, 0.15) is 103 Å². The number of carbonyl (C=O) groups excluding carboxylic acids is 22. The van der Waals surface area contributed by atoms with Gasteiger partial charge in [-0.2, -0.15) is 0 Å². The minimum Gasteiger partial charge on any atom is -0.391 e. The quantitative estimate of drug-likeness (QED) is 0.0292. The fourth-order valence-corrected chi connectivity index (χ4v) is 13.3. The van der Waals surface area contributed by atoms with Crippen LogP contribution in [0.1, 0.15) is 188 Å². The van der Waals surface area contributed by atoms with Gasteiger partial charge in [-0.15, -0.1) is 0 Å². The van der Waals surface area contributed by atoms with Crippen molar-refractivity contribution in [2.75, 3.05) is 19.6 Å². The van der Waals surface area contributed by atoms with Crippen LogP contribution in [0, 0.1) is 29.6 Å². The highest BCUT2D eigenvalue weighted by molar-refractivity contribution is 6.02. The number of hydrogen-bond acceptors (Lipinski definition) is 28. The van der Waals surface area contributed by atoms with Crippen molar-refractivity contribution in [1.82, 2.24) is 126 Å². The topological polar surface area (TPSA) is 806 Å². The Labute approximate surface area is 793 Å². The number of nitrogens with two attached hydrogens (primary N) is 2. The summed E-state index contributed by atoms with van der Waals surface area (Å²) >= 11 is 0. The number of rotatable bonds is 60. The molecule has 30 N–H and O–H groups in total. The van der Waals surface area contributed by atoms with Crippen molar-refractivity contribution in [3.05, 3.63) is 36.4 Å². The second kappa shape index (κ2) is 58.8. The average molecular weight is 1940 g/mol. The first-order valence-corrected chi connectivity index (χ1v) is 45.1. The van der Waals surface area contributed by atoms with E-state index in [1.807, 2.05) is 0 Å². The molecule has 2 heterocycles. The molecular weight excluding hydrogens is 1800 g/mol. The van der Waals surface area contributed by atoms with Gasteiger partial charge in [0.15, 0.2) is 0 Å². The van der Waals surface area contributed by atoms with E-state index in [-0.39, 0.29) is 17.8 Å². The van der Waals surface area contributed by atoms with E-state index in [0.717, 1.165) is 69.2 Å². The Kier molecular flexibility index (Phi) is 51.4. The molecule has 137 heavy (non-hydrogen) atoms. The van der Waals surface area contributed by atoms with Crippen LogP contribution in [0.2, 0.25) is 0 Å². The standard InChI is InChI=1S/C85H142N26O26/c1-21-37(7)61(97-47(17)116)80(132)108-65(43(13)112)78(130)91-32-58(106-84(136)67(45(15)114)110-82(134)63(39(9)23-3)99-49(19)118)76(128)103-55(26-51-29-88-34-93-51)72(124)95-41(11)70(122)90-31-57(75(127)102-54(25-36(5)6)74(126)101-53(69(87)121)28-60(86)120)105-71(123)42(12)96-73(125)56(27-52-30-89-35-94-52)104-77(129)59(107-85(137)68(46(16)115)111-83(135)64(40(10)24-4)100-50(20)119)33-92-79(131)66(44(14)113)109-81(133)62(38(8)22-2)98-48(18)117/h29-30,34-46,53-59,61-68,112-115H,21-28,31-33H2,1-20H3,(H2,86,120)(H2,87,121)(H,88,93)(H,89,94)(H,90,122)(H,91,130)(H,92,131)(H,95,124)(H,96,125)(H,97,116)(H,98,117)(H,99,118)(H,100,119)(H,101,126)(H,102,127)(H,103,128)(H,104,129)(H,105,123)(H,106,136)(H,107,137)(H,108,132)(H,109,133)(H,110,134)(H,111,135)/t37-,38-,39-,40-,41-,42-,43+,44+,45+,46+,53-,54-,55-,56-,57?,58?,59?,61-,62-,63-,64-,65-,66-,67-,68-/m0/s1. The van der Waals surface area contributed by atoms with E-state index in [0.29, 0.717) is 25.7 Å². The van der Waals surface area contributed by atoms with E-state index < -0.39 is 326 Å². The minimum absolute atomic E-state index is 0.0465. The monoisotopic (exact) mass is 1940 g/mol. The number of aliphatic hydroxyl groups excluding tert-OH is 4. The zero-order valence-corrected chi connectivity index (χ0v) is 80.9. The molecule has 0 bridgehead atoms. The molecule has 768 valence electrons. The maximum atomic E-state index is 15.0. The molecule has 25 atom stereocenters. The summed E-state index contributed by atoms with van der Waals surface area (Å²) in [5.41, 5.74) is 10.9. The lowest BCUT2D eigenvalue weighted by atomic mass is 9.97. The second-order valence-corrected chi connectivity index (χ2v) is 34.5. The predicted octanol–water partition coefficient (Wildman–Crippen LogP) is -10.3. The highest BCUT2D eigenvalue weighted by Crippen LogP contribution is 2.16. The summed E-state index contributed by atoms with van der Waals surface area (Å²) in [6.07, 6.45) is -2.79. The number of nitrogens with one attached hydrogen (secondary N) is 22. The van der Waals surface area contributed by atoms with Crippen LogP contribution in [-0.2, 0) is 118 Å². The first-order chi connectivity index (χ1) is 63.9. The largest absolute Gasteiger partial charge is 0.391 e. The number of amides is 22. The Balaban J connectivity index is 2.91. The third-order valence-electron chi connectivity index (χ3n) is 22.1. The predicted molar refractivity (Wildman–Crippen MR) is 487 cm³/mol. The molecule has 3 unspecified atom stereocenters. The average Bonchev–Trinajstić information content (AvgIpc) is 1.23. The summed E-state index contributed by atoms with van der Waals surface area (Å²) < 4.78 is 0. The van der Waals surface area contributed by atoms with E-state index in [1.54, 1.807) is 69.2 Å². The molecule has 0 radical (unpaired) electrons. The smallest absolute Gasteiger partial charge is 0.245 e. The number of nitrogens with zero attached hydrogens (tertiary/aromatic N) is 2. The zero-order valence-electron chi connectivity index (χ0n) is 80.9. The number of imidazole rings is 2. The fourth-order valence-electron chi connectivity index (χ4n) is 13.3. The number of carbonyl (C=O) groups is 22. The SMILES string of the molecule is CC[C@H](C)[C@H](NC(C)=O)C(=O)N[C@H](C(=O)NCC(NC(=O)[C@@H](NC(=O)[C@@H](NC(C)=O)[C@@H](C)CC)[C@@H](C)O)C(=O)N[C@@H](Cc1c[nH]cn1)C(=O)N[C@@H](C)C(=O)NCC(NC(=O)[C@H](C)NC(=O)[C@H](Cc1c[nH]cn1)NC(=O)C(CNC(=O)[C@@H](NC(=O)[C@@H](NC(C)=O)[C@@H](C)CC)[C@@H](C)O)NC(=O)[C@@H](NC(=O)[C@@H](NC(C)=O)[C@@H](C)CC)[C@@H](C)O)C(=O)N[C@@H](CC(C)C)C(=O)N[C@@H](CC(N)=O)C(N)=O)[C@@H](C)O. The summed E-state index contributed by atoms with van der Waals surface area (Å²) in [6.45, 7) is 24.7. The second-order valence-electron chi connectivity index (χ2n) is 34.5. The van der Waals surface area contributed by atoms with E-state index in [4.69, 9.17) is 11.5 Å². The lowest BCUT2D eigenvalue weighted by Gasteiger charge is -2.30. The van der Waals surface area contributed by atoms with Gasteiger partial charge in [-0.05, 0) is 77.6 Å². The Hall–Kier alpha value is -13.4. The molecule has 2 aromatic heterocycles. The Bertz CT molecular complexity index is 4460. The number of H-pyrrole nitrogens is 2. The maximum absolute atomic E-state index is 15.0. The molecular formula is C85H142N26O26. The van der Waals surface area contributed by atoms with Crippen LogP contribution >= 0.6 is 0 Å². The number of aromatic amines is 2. The number of aliphatic hydroxyl groups is 4. The van der Waals surface area contributed by atoms with Gasteiger partial charge in [-0.25, -0.2) is 9.97 Å². The van der Waals surface area contributed by atoms with E-state index in [9.17, 15) is 126 Å². The van der Waals surface area contributed by atoms with Gasteiger partial charge in [0.25, 0.3) is 0 Å². The summed E-state index contributed by atoms with van der Waals surface area (Å²) in [5, 5.41) is 91.8. The first-order valence-electron chi connectivity index (χ1n) is 45.1. The third-order valence-corrected chi connectivity index (χ3v) is 22.1. The van der Waals surface area contributed by atoms with Crippen LogP contribution in [0.5, 0.6) is 0 Å². The van der Waals surface area contributed by atoms with Crippen molar-refractivity contribution >= 4 is 130 Å².